The molecule has 0 amide bonds. The fraction of sp³-hybridized carbons (Fsp3) is 0.267. The van der Waals surface area contributed by atoms with E-state index in [1.165, 1.54) is 11.3 Å². The molecule has 0 radical (unpaired) electrons. The molecule has 0 unspecified atom stereocenters. The highest BCUT2D eigenvalue weighted by Crippen LogP contribution is 2.31. The minimum Gasteiger partial charge on any atom is -0.477 e. The van der Waals surface area contributed by atoms with Gasteiger partial charge in [0, 0.05) is 17.3 Å². The van der Waals surface area contributed by atoms with Crippen LogP contribution in [-0.2, 0) is 6.54 Å². The quantitative estimate of drug-likeness (QED) is 0.839. The van der Waals surface area contributed by atoms with Gasteiger partial charge in [0.15, 0.2) is 0 Å². The Morgan fingerprint density at radius 2 is 2.05 bits per heavy atom. The molecule has 0 aliphatic heterocycles. The molecule has 98 valence electrons. The van der Waals surface area contributed by atoms with Crippen LogP contribution < -0.4 is 5.32 Å². The van der Waals surface area contributed by atoms with E-state index in [4.69, 9.17) is 0 Å². The van der Waals surface area contributed by atoms with E-state index in [0.29, 0.717) is 17.5 Å². The molecule has 1 heterocycles. The monoisotopic (exact) mass is 273 g/mol. The van der Waals surface area contributed by atoms with Crippen LogP contribution in [0.3, 0.4) is 0 Å². The maximum atomic E-state index is 11.4. The molecule has 0 spiro atoms. The van der Waals surface area contributed by atoms with E-state index in [9.17, 15) is 9.90 Å². The van der Waals surface area contributed by atoms with Crippen LogP contribution in [0.4, 0.5) is 0 Å². The highest BCUT2D eigenvalue weighted by Gasteiger charge is 2.18. The molecule has 1 aliphatic rings. The third kappa shape index (κ3) is 2.41. The Morgan fingerprint density at radius 1 is 1.32 bits per heavy atom. The molecule has 19 heavy (non-hydrogen) atoms. The average molecular weight is 273 g/mol. The van der Waals surface area contributed by atoms with Crippen molar-refractivity contribution in [2.75, 3.05) is 0 Å². The lowest BCUT2D eigenvalue weighted by Crippen LogP contribution is -2.26. The predicted octanol–water partition coefficient (Wildman–Crippen LogP) is 3.41. The van der Waals surface area contributed by atoms with Crippen LogP contribution in [0.15, 0.2) is 36.4 Å². The summed E-state index contributed by atoms with van der Waals surface area (Å²) in [7, 11) is 0. The Hall–Kier alpha value is -1.65. The van der Waals surface area contributed by atoms with Crippen LogP contribution >= 0.6 is 11.3 Å². The fourth-order valence-corrected chi connectivity index (χ4v) is 3.54. The highest BCUT2D eigenvalue weighted by atomic mass is 32.1. The summed E-state index contributed by atoms with van der Waals surface area (Å²) in [5, 5.41) is 13.8. The third-order valence-corrected chi connectivity index (χ3v) is 4.67. The van der Waals surface area contributed by atoms with Gasteiger partial charge in [0.1, 0.15) is 4.88 Å². The first-order valence-corrected chi connectivity index (χ1v) is 7.19. The number of carbonyl (C=O) groups is 1. The zero-order valence-corrected chi connectivity index (χ0v) is 11.2. The molecule has 2 N–H and O–H groups in total. The third-order valence-electron chi connectivity index (χ3n) is 3.47. The number of aromatic carboxylic acids is 1. The van der Waals surface area contributed by atoms with Gasteiger partial charge in [-0.25, -0.2) is 4.79 Å². The van der Waals surface area contributed by atoms with E-state index in [-0.39, 0.29) is 0 Å². The van der Waals surface area contributed by atoms with Gasteiger partial charge >= 0.3 is 5.97 Å². The van der Waals surface area contributed by atoms with E-state index in [2.05, 4.69) is 17.5 Å². The second-order valence-corrected chi connectivity index (χ2v) is 5.78. The zero-order valence-electron chi connectivity index (χ0n) is 10.4. The van der Waals surface area contributed by atoms with Crippen LogP contribution in [0.1, 0.15) is 28.1 Å². The fourth-order valence-electron chi connectivity index (χ4n) is 2.48. The number of benzene rings is 1. The van der Waals surface area contributed by atoms with Crippen LogP contribution in [0.5, 0.6) is 0 Å². The summed E-state index contributed by atoms with van der Waals surface area (Å²) in [6.45, 7) is 0.623. The molecule has 2 aromatic rings. The van der Waals surface area contributed by atoms with Crippen LogP contribution in [-0.4, -0.2) is 17.1 Å². The zero-order chi connectivity index (χ0) is 13.2. The minimum atomic E-state index is -0.831. The van der Waals surface area contributed by atoms with Gasteiger partial charge in [0.05, 0.1) is 0 Å². The molecule has 0 saturated carbocycles. The maximum Gasteiger partial charge on any atom is 0.346 e. The second kappa shape index (κ2) is 5.15. The number of thiophene rings is 1. The summed E-state index contributed by atoms with van der Waals surface area (Å²) in [5.41, 5.74) is 0.917. The molecule has 3 rings (SSSR count). The number of carboxylic acid groups (broad SMARTS) is 1. The second-order valence-electron chi connectivity index (χ2n) is 4.73. The molecule has 1 aliphatic carbocycles. The van der Waals surface area contributed by atoms with Crippen molar-refractivity contribution in [2.45, 2.75) is 25.4 Å². The van der Waals surface area contributed by atoms with E-state index in [0.717, 1.165) is 28.5 Å². The molecule has 4 heteroatoms. The average Bonchev–Trinajstić information content (AvgIpc) is 3.03. The lowest BCUT2D eigenvalue weighted by molar-refractivity contribution is 0.0701. The Balaban J connectivity index is 1.90. The van der Waals surface area contributed by atoms with Crippen molar-refractivity contribution < 1.29 is 9.90 Å². The van der Waals surface area contributed by atoms with Crippen molar-refractivity contribution in [1.82, 2.24) is 5.32 Å². The van der Waals surface area contributed by atoms with Gasteiger partial charge < -0.3 is 10.4 Å². The van der Waals surface area contributed by atoms with Gasteiger partial charge in [-0.3, -0.25) is 0 Å². The van der Waals surface area contributed by atoms with Crippen LogP contribution in [0.25, 0.3) is 10.1 Å². The first-order chi connectivity index (χ1) is 9.25. The Morgan fingerprint density at radius 3 is 2.79 bits per heavy atom. The van der Waals surface area contributed by atoms with E-state index in [1.54, 1.807) is 0 Å². The number of hydrogen-bond donors (Lipinski definition) is 2. The molecular weight excluding hydrogens is 258 g/mol. The number of hydrogen-bond acceptors (Lipinski definition) is 3. The van der Waals surface area contributed by atoms with Crippen molar-refractivity contribution in [3.63, 3.8) is 0 Å². The summed E-state index contributed by atoms with van der Waals surface area (Å²) in [6.07, 6.45) is 6.40. The van der Waals surface area contributed by atoms with E-state index >= 15 is 0 Å². The van der Waals surface area contributed by atoms with Gasteiger partial charge in [-0.2, -0.15) is 0 Å². The SMILES string of the molecule is O=C(O)c1sc2ccccc2c1CNC1CC=CC1. The molecule has 0 fully saturated rings. The molecular formula is C15H15NO2S. The number of nitrogens with one attached hydrogen (secondary N) is 1. The smallest absolute Gasteiger partial charge is 0.346 e. The van der Waals surface area contributed by atoms with Gasteiger partial charge in [-0.05, 0) is 29.9 Å². The van der Waals surface area contributed by atoms with Crippen molar-refractivity contribution in [3.05, 3.63) is 46.9 Å². The van der Waals surface area contributed by atoms with E-state index < -0.39 is 5.97 Å². The topological polar surface area (TPSA) is 49.3 Å². The lowest BCUT2D eigenvalue weighted by atomic mass is 10.1. The Labute approximate surface area is 115 Å². The molecule has 1 aromatic heterocycles. The van der Waals surface area contributed by atoms with Crippen molar-refractivity contribution in [3.8, 4) is 0 Å². The molecule has 3 nitrogen and oxygen atoms in total. The number of rotatable bonds is 4. The van der Waals surface area contributed by atoms with Gasteiger partial charge in [-0.1, -0.05) is 30.4 Å². The minimum absolute atomic E-state index is 0.445. The maximum absolute atomic E-state index is 11.4. The van der Waals surface area contributed by atoms with Gasteiger partial charge in [-0.15, -0.1) is 11.3 Å². The highest BCUT2D eigenvalue weighted by molar-refractivity contribution is 7.21. The summed E-state index contributed by atoms with van der Waals surface area (Å²) in [5.74, 6) is -0.831. The summed E-state index contributed by atoms with van der Waals surface area (Å²) in [6, 6.07) is 8.33. The van der Waals surface area contributed by atoms with Gasteiger partial charge in [0.25, 0.3) is 0 Å². The Bertz CT molecular complexity index is 637. The summed E-state index contributed by atoms with van der Waals surface area (Å²) >= 11 is 1.36. The van der Waals surface area contributed by atoms with Gasteiger partial charge in [0.2, 0.25) is 0 Å². The van der Waals surface area contributed by atoms with Crippen molar-refractivity contribution in [2.24, 2.45) is 0 Å². The standard InChI is InChI=1S/C15H15NO2S/c17-15(18)14-12(9-16-10-5-1-2-6-10)11-7-3-4-8-13(11)19-14/h1-4,7-8,10,16H,5-6,9H2,(H,17,18). The first kappa shape index (κ1) is 12.4. The van der Waals surface area contributed by atoms with Crippen molar-refractivity contribution in [1.29, 1.82) is 0 Å². The predicted molar refractivity (Wildman–Crippen MR) is 77.8 cm³/mol. The molecule has 0 bridgehead atoms. The normalized spacial score (nSPS) is 15.4. The van der Waals surface area contributed by atoms with E-state index in [1.807, 2.05) is 24.3 Å². The molecule has 1 aromatic carbocycles. The van der Waals surface area contributed by atoms with Crippen LogP contribution in [0, 0.1) is 0 Å². The largest absolute Gasteiger partial charge is 0.477 e. The molecule has 0 atom stereocenters. The number of carboxylic acids is 1. The van der Waals surface area contributed by atoms with Crippen LogP contribution in [0.2, 0.25) is 0 Å². The number of fused-ring (bicyclic) bond motifs is 1. The summed E-state index contributed by atoms with van der Waals surface area (Å²) in [4.78, 5) is 11.8. The Kier molecular flexibility index (Phi) is 3.36. The summed E-state index contributed by atoms with van der Waals surface area (Å²) < 4.78 is 1.04. The first-order valence-electron chi connectivity index (χ1n) is 6.38. The molecule has 0 saturated heterocycles. The van der Waals surface area contributed by atoms with Crippen molar-refractivity contribution >= 4 is 27.4 Å². The lowest BCUT2D eigenvalue weighted by Gasteiger charge is -2.12.